The van der Waals surface area contributed by atoms with E-state index in [0.29, 0.717) is 11.8 Å². The van der Waals surface area contributed by atoms with Crippen LogP contribution >= 0.6 is 0 Å². The molecule has 0 fully saturated rings. The van der Waals surface area contributed by atoms with Crippen molar-refractivity contribution in [1.82, 2.24) is 0 Å². The number of hydrogen-bond donors (Lipinski definition) is 2. The molecule has 0 heterocycles. The molecule has 2 N–H and O–H groups in total. The standard InChI is InChI=1S/C12H16O3/c1-7(2)8(3)9-4-5-10(12(14)15)11(13)6-9/h4-8,13H,1-3H3,(H,14,15). The minimum Gasteiger partial charge on any atom is -0.507 e. The maximum Gasteiger partial charge on any atom is 0.339 e. The Balaban J connectivity index is 3.06. The molecule has 1 atom stereocenters. The molecule has 0 radical (unpaired) electrons. The van der Waals surface area contributed by atoms with Crippen molar-refractivity contribution in [3.8, 4) is 5.75 Å². The molecule has 0 aliphatic heterocycles. The van der Waals surface area contributed by atoms with Gasteiger partial charge in [0, 0.05) is 0 Å². The maximum atomic E-state index is 10.7. The summed E-state index contributed by atoms with van der Waals surface area (Å²) in [5.41, 5.74) is 0.919. The number of aromatic carboxylic acids is 1. The van der Waals surface area contributed by atoms with Gasteiger partial charge in [0.05, 0.1) is 0 Å². The molecule has 1 rings (SSSR count). The first-order valence-corrected chi connectivity index (χ1v) is 4.99. The largest absolute Gasteiger partial charge is 0.507 e. The molecule has 1 aromatic carbocycles. The molecule has 0 saturated carbocycles. The van der Waals surface area contributed by atoms with Gasteiger partial charge in [-0.15, -0.1) is 0 Å². The molecule has 0 aromatic heterocycles. The molecule has 0 aliphatic carbocycles. The minimum atomic E-state index is -1.10. The van der Waals surface area contributed by atoms with Crippen molar-refractivity contribution in [1.29, 1.82) is 0 Å². The highest BCUT2D eigenvalue weighted by Gasteiger charge is 2.14. The normalized spacial score (nSPS) is 12.8. The van der Waals surface area contributed by atoms with Gasteiger partial charge in [-0.25, -0.2) is 4.79 Å². The lowest BCUT2D eigenvalue weighted by Crippen LogP contribution is -2.03. The van der Waals surface area contributed by atoms with Gasteiger partial charge in [0.15, 0.2) is 0 Å². The Hall–Kier alpha value is -1.51. The van der Waals surface area contributed by atoms with Gasteiger partial charge in [-0.2, -0.15) is 0 Å². The Morgan fingerprint density at radius 3 is 2.27 bits per heavy atom. The van der Waals surface area contributed by atoms with Gasteiger partial charge in [0.25, 0.3) is 0 Å². The zero-order chi connectivity index (χ0) is 11.6. The molecular formula is C12H16O3. The Kier molecular flexibility index (Phi) is 3.35. The predicted molar refractivity (Wildman–Crippen MR) is 58.3 cm³/mol. The van der Waals surface area contributed by atoms with Crippen molar-refractivity contribution in [3.05, 3.63) is 29.3 Å². The van der Waals surface area contributed by atoms with Crippen LogP contribution in [0.2, 0.25) is 0 Å². The fourth-order valence-corrected chi connectivity index (χ4v) is 1.40. The molecule has 82 valence electrons. The number of carbonyl (C=O) groups is 1. The quantitative estimate of drug-likeness (QED) is 0.803. The van der Waals surface area contributed by atoms with E-state index >= 15 is 0 Å². The van der Waals surface area contributed by atoms with Crippen LogP contribution in [0.25, 0.3) is 0 Å². The highest BCUT2D eigenvalue weighted by atomic mass is 16.4. The van der Waals surface area contributed by atoms with Crippen molar-refractivity contribution in [2.45, 2.75) is 26.7 Å². The first kappa shape index (κ1) is 11.6. The lowest BCUT2D eigenvalue weighted by molar-refractivity contribution is 0.0693. The zero-order valence-corrected chi connectivity index (χ0v) is 9.19. The number of rotatable bonds is 3. The summed E-state index contributed by atoms with van der Waals surface area (Å²) >= 11 is 0. The van der Waals surface area contributed by atoms with Crippen molar-refractivity contribution in [2.24, 2.45) is 5.92 Å². The summed E-state index contributed by atoms with van der Waals surface area (Å²) in [7, 11) is 0. The Labute approximate surface area is 89.4 Å². The highest BCUT2D eigenvalue weighted by molar-refractivity contribution is 5.90. The van der Waals surface area contributed by atoms with Gasteiger partial charge in [-0.1, -0.05) is 26.8 Å². The Morgan fingerprint density at radius 2 is 1.87 bits per heavy atom. The van der Waals surface area contributed by atoms with E-state index in [0.717, 1.165) is 5.56 Å². The van der Waals surface area contributed by atoms with Crippen LogP contribution in [0, 0.1) is 5.92 Å². The first-order valence-electron chi connectivity index (χ1n) is 4.99. The van der Waals surface area contributed by atoms with Crippen LogP contribution in [0.15, 0.2) is 18.2 Å². The molecule has 0 saturated heterocycles. The number of aromatic hydroxyl groups is 1. The topological polar surface area (TPSA) is 57.5 Å². The van der Waals surface area contributed by atoms with Gasteiger partial charge in [-0.3, -0.25) is 0 Å². The highest BCUT2D eigenvalue weighted by Crippen LogP contribution is 2.28. The zero-order valence-electron chi connectivity index (χ0n) is 9.19. The van der Waals surface area contributed by atoms with E-state index in [2.05, 4.69) is 20.8 Å². The van der Waals surface area contributed by atoms with E-state index in [1.807, 2.05) is 0 Å². The van der Waals surface area contributed by atoms with Crippen LogP contribution < -0.4 is 0 Å². The number of hydrogen-bond acceptors (Lipinski definition) is 2. The number of carboxylic acid groups (broad SMARTS) is 1. The smallest absolute Gasteiger partial charge is 0.339 e. The van der Waals surface area contributed by atoms with E-state index in [1.165, 1.54) is 12.1 Å². The third kappa shape index (κ3) is 2.49. The Morgan fingerprint density at radius 1 is 1.27 bits per heavy atom. The van der Waals surface area contributed by atoms with Crippen LogP contribution in [0.5, 0.6) is 5.75 Å². The fourth-order valence-electron chi connectivity index (χ4n) is 1.40. The molecule has 0 aliphatic rings. The second kappa shape index (κ2) is 4.34. The van der Waals surface area contributed by atoms with Crippen molar-refractivity contribution in [2.75, 3.05) is 0 Å². The van der Waals surface area contributed by atoms with Gasteiger partial charge in [0.2, 0.25) is 0 Å². The van der Waals surface area contributed by atoms with E-state index < -0.39 is 5.97 Å². The van der Waals surface area contributed by atoms with E-state index in [9.17, 15) is 9.90 Å². The number of carboxylic acids is 1. The summed E-state index contributed by atoms with van der Waals surface area (Å²) in [6, 6.07) is 4.74. The van der Waals surface area contributed by atoms with Gasteiger partial charge < -0.3 is 10.2 Å². The molecule has 3 nitrogen and oxygen atoms in total. The number of benzene rings is 1. The summed E-state index contributed by atoms with van der Waals surface area (Å²) in [6.07, 6.45) is 0. The monoisotopic (exact) mass is 208 g/mol. The third-order valence-corrected chi connectivity index (χ3v) is 2.78. The van der Waals surface area contributed by atoms with Crippen molar-refractivity contribution < 1.29 is 15.0 Å². The molecule has 1 unspecified atom stereocenters. The third-order valence-electron chi connectivity index (χ3n) is 2.78. The lowest BCUT2D eigenvalue weighted by Gasteiger charge is -2.16. The molecule has 3 heteroatoms. The first-order chi connectivity index (χ1) is 6.93. The molecule has 0 spiro atoms. The molecular weight excluding hydrogens is 192 g/mol. The summed E-state index contributed by atoms with van der Waals surface area (Å²) in [6.45, 7) is 6.24. The van der Waals surface area contributed by atoms with Gasteiger partial charge >= 0.3 is 5.97 Å². The van der Waals surface area contributed by atoms with E-state index in [1.54, 1.807) is 6.07 Å². The SMILES string of the molecule is CC(C)C(C)c1ccc(C(=O)O)c(O)c1. The second-order valence-electron chi connectivity index (χ2n) is 4.11. The summed E-state index contributed by atoms with van der Waals surface area (Å²) in [4.78, 5) is 10.7. The van der Waals surface area contributed by atoms with E-state index in [4.69, 9.17) is 5.11 Å². The van der Waals surface area contributed by atoms with Crippen LogP contribution in [-0.4, -0.2) is 16.2 Å². The summed E-state index contributed by atoms with van der Waals surface area (Å²) in [5.74, 6) is -0.498. The summed E-state index contributed by atoms with van der Waals surface area (Å²) in [5, 5.41) is 18.3. The minimum absolute atomic E-state index is 0.0466. The van der Waals surface area contributed by atoms with Crippen LogP contribution in [0.4, 0.5) is 0 Å². The fraction of sp³-hybridized carbons (Fsp3) is 0.417. The maximum absolute atomic E-state index is 10.7. The average Bonchev–Trinajstić information content (AvgIpc) is 2.15. The van der Waals surface area contributed by atoms with E-state index in [-0.39, 0.29) is 11.3 Å². The average molecular weight is 208 g/mol. The molecule has 1 aromatic rings. The van der Waals surface area contributed by atoms with Crippen LogP contribution in [0.3, 0.4) is 0 Å². The Bertz CT molecular complexity index is 369. The lowest BCUT2D eigenvalue weighted by atomic mass is 9.89. The summed E-state index contributed by atoms with van der Waals surface area (Å²) < 4.78 is 0. The molecule has 0 amide bonds. The predicted octanol–water partition coefficient (Wildman–Crippen LogP) is 2.85. The van der Waals surface area contributed by atoms with Gasteiger partial charge in [0.1, 0.15) is 11.3 Å². The second-order valence-corrected chi connectivity index (χ2v) is 4.11. The molecule has 15 heavy (non-hydrogen) atoms. The van der Waals surface area contributed by atoms with Crippen LogP contribution in [0.1, 0.15) is 42.6 Å². The molecule has 0 bridgehead atoms. The van der Waals surface area contributed by atoms with Gasteiger partial charge in [-0.05, 0) is 29.5 Å². The van der Waals surface area contributed by atoms with Crippen molar-refractivity contribution in [3.63, 3.8) is 0 Å². The number of phenols is 1. The van der Waals surface area contributed by atoms with Crippen LogP contribution in [-0.2, 0) is 0 Å². The van der Waals surface area contributed by atoms with Crippen molar-refractivity contribution >= 4 is 5.97 Å².